The SMILES string of the molecule is CCN(C)N/C(=C\C(N)=Nc1ccccc1)[N+]1=C(Nc2ccccc2)N=C1N. The van der Waals surface area contributed by atoms with Gasteiger partial charge >= 0.3 is 11.9 Å². The van der Waals surface area contributed by atoms with E-state index in [1.807, 2.05) is 79.6 Å². The quantitative estimate of drug-likeness (QED) is 0.255. The van der Waals surface area contributed by atoms with Gasteiger partial charge in [0.2, 0.25) is 0 Å². The molecule has 0 aromatic heterocycles. The van der Waals surface area contributed by atoms with Crippen LogP contribution in [0.5, 0.6) is 0 Å². The molecule has 144 valence electrons. The average Bonchev–Trinajstić information content (AvgIpc) is 2.68. The number of rotatable bonds is 7. The number of hydrogen-bond acceptors (Lipinski definition) is 6. The third kappa shape index (κ3) is 4.74. The first-order valence-corrected chi connectivity index (χ1v) is 8.99. The lowest BCUT2D eigenvalue weighted by molar-refractivity contribution is -0.378. The third-order valence-electron chi connectivity index (χ3n) is 4.01. The van der Waals surface area contributed by atoms with Crippen LogP contribution in [0.15, 0.2) is 82.5 Å². The predicted molar refractivity (Wildman–Crippen MR) is 114 cm³/mol. The third-order valence-corrected chi connectivity index (χ3v) is 4.01. The summed E-state index contributed by atoms with van der Waals surface area (Å²) in [7, 11) is 1.93. The van der Waals surface area contributed by atoms with Crippen LogP contribution in [0.1, 0.15) is 6.92 Å². The van der Waals surface area contributed by atoms with E-state index in [-0.39, 0.29) is 0 Å². The number of aliphatic imine (C=N–C) groups is 2. The minimum atomic E-state index is 0.344. The maximum Gasteiger partial charge on any atom is 0.317 e. The van der Waals surface area contributed by atoms with Gasteiger partial charge in [-0.2, -0.15) is 4.58 Å². The van der Waals surface area contributed by atoms with Gasteiger partial charge in [0.05, 0.1) is 11.4 Å². The van der Waals surface area contributed by atoms with E-state index >= 15 is 0 Å². The number of benzene rings is 2. The topological polar surface area (TPSA) is 107 Å². The van der Waals surface area contributed by atoms with Crippen molar-refractivity contribution in [2.45, 2.75) is 6.92 Å². The molecule has 0 saturated heterocycles. The van der Waals surface area contributed by atoms with Crippen molar-refractivity contribution in [2.24, 2.45) is 21.5 Å². The van der Waals surface area contributed by atoms with Gasteiger partial charge in [0, 0.05) is 19.7 Å². The van der Waals surface area contributed by atoms with Crippen molar-refractivity contribution < 1.29 is 4.58 Å². The largest absolute Gasteiger partial charge is 0.384 e. The number of guanidine groups is 2. The fourth-order valence-electron chi connectivity index (χ4n) is 2.49. The molecule has 0 radical (unpaired) electrons. The van der Waals surface area contributed by atoms with Crippen molar-refractivity contribution in [3.05, 3.63) is 72.6 Å². The fraction of sp³-hybridized carbons (Fsp3) is 0.150. The predicted octanol–water partition coefficient (Wildman–Crippen LogP) is 1.78. The van der Waals surface area contributed by atoms with Gasteiger partial charge < -0.3 is 11.5 Å². The van der Waals surface area contributed by atoms with Gasteiger partial charge in [0.1, 0.15) is 5.84 Å². The number of amidine groups is 1. The second-order valence-electron chi connectivity index (χ2n) is 6.15. The fourth-order valence-corrected chi connectivity index (χ4v) is 2.49. The van der Waals surface area contributed by atoms with E-state index < -0.39 is 0 Å². The molecular weight excluding hydrogens is 352 g/mol. The van der Waals surface area contributed by atoms with Crippen LogP contribution in [-0.4, -0.2) is 40.9 Å². The van der Waals surface area contributed by atoms with Crippen molar-refractivity contribution in [3.63, 3.8) is 0 Å². The zero-order valence-corrected chi connectivity index (χ0v) is 16.0. The summed E-state index contributed by atoms with van der Waals surface area (Å²) in [5, 5.41) is 5.16. The molecule has 28 heavy (non-hydrogen) atoms. The number of nitrogens with one attached hydrogen (secondary N) is 2. The maximum absolute atomic E-state index is 6.16. The van der Waals surface area contributed by atoms with Crippen molar-refractivity contribution in [1.29, 1.82) is 0 Å². The normalized spacial score (nSPS) is 14.6. The van der Waals surface area contributed by atoms with Crippen LogP contribution in [0, 0.1) is 0 Å². The Hall–Kier alpha value is -3.65. The first-order chi connectivity index (χ1) is 13.6. The Morgan fingerprint density at radius 2 is 1.79 bits per heavy atom. The number of para-hydroxylation sites is 2. The Kier molecular flexibility index (Phi) is 6.03. The molecule has 0 saturated carbocycles. The lowest BCUT2D eigenvalue weighted by Crippen LogP contribution is -2.50. The van der Waals surface area contributed by atoms with Crippen molar-refractivity contribution in [1.82, 2.24) is 10.4 Å². The van der Waals surface area contributed by atoms with E-state index in [1.54, 1.807) is 10.7 Å². The van der Waals surface area contributed by atoms with Gasteiger partial charge in [-0.1, -0.05) is 41.4 Å². The van der Waals surface area contributed by atoms with E-state index in [0.29, 0.717) is 23.6 Å². The molecule has 0 atom stereocenters. The molecule has 1 heterocycles. The van der Waals surface area contributed by atoms with Crippen LogP contribution in [0.3, 0.4) is 0 Å². The molecule has 0 amide bonds. The summed E-state index contributed by atoms with van der Waals surface area (Å²) in [6.07, 6.45) is 1.73. The van der Waals surface area contributed by atoms with Gasteiger partial charge in [-0.15, -0.1) is 0 Å². The van der Waals surface area contributed by atoms with Gasteiger partial charge in [-0.25, -0.2) is 10.0 Å². The van der Waals surface area contributed by atoms with Crippen LogP contribution < -0.4 is 22.2 Å². The Labute approximate surface area is 164 Å². The van der Waals surface area contributed by atoms with Crippen LogP contribution >= 0.6 is 0 Å². The van der Waals surface area contributed by atoms with Crippen LogP contribution in [0.2, 0.25) is 0 Å². The minimum Gasteiger partial charge on any atom is -0.384 e. The Morgan fingerprint density at radius 1 is 1.14 bits per heavy atom. The molecule has 8 heteroatoms. The van der Waals surface area contributed by atoms with Crippen LogP contribution in [0.4, 0.5) is 11.4 Å². The number of nitrogens with zero attached hydrogens (tertiary/aromatic N) is 4. The maximum atomic E-state index is 6.16. The van der Waals surface area contributed by atoms with Gasteiger partial charge in [-0.3, -0.25) is 10.7 Å². The molecule has 0 aliphatic carbocycles. The van der Waals surface area contributed by atoms with Crippen molar-refractivity contribution >= 4 is 29.1 Å². The summed E-state index contributed by atoms with van der Waals surface area (Å²) in [6, 6.07) is 19.3. The highest BCUT2D eigenvalue weighted by atomic mass is 15.6. The zero-order valence-electron chi connectivity index (χ0n) is 16.0. The summed E-state index contributed by atoms with van der Waals surface area (Å²) in [6.45, 7) is 2.81. The van der Waals surface area contributed by atoms with E-state index in [9.17, 15) is 0 Å². The Morgan fingerprint density at radius 3 is 2.39 bits per heavy atom. The number of nitrogens with two attached hydrogens (primary N) is 2. The molecule has 0 fully saturated rings. The first kappa shape index (κ1) is 19.1. The number of hydrogen-bond donors (Lipinski definition) is 4. The van der Waals surface area contributed by atoms with E-state index in [2.05, 4.69) is 20.7 Å². The molecule has 8 nitrogen and oxygen atoms in total. The van der Waals surface area contributed by atoms with Crippen molar-refractivity contribution in [3.8, 4) is 0 Å². The molecule has 3 rings (SSSR count). The summed E-state index contributed by atoms with van der Waals surface area (Å²) >= 11 is 0. The Bertz CT molecular complexity index is 929. The summed E-state index contributed by atoms with van der Waals surface area (Å²) in [5.41, 5.74) is 17.2. The lowest BCUT2D eigenvalue weighted by atomic mass is 10.3. The molecule has 2 aromatic rings. The lowest BCUT2D eigenvalue weighted by Gasteiger charge is -2.24. The van der Waals surface area contributed by atoms with E-state index in [4.69, 9.17) is 11.5 Å². The molecule has 1 aliphatic heterocycles. The summed E-state index contributed by atoms with van der Waals surface area (Å²) in [5.74, 6) is 1.94. The first-order valence-electron chi connectivity index (χ1n) is 8.99. The number of anilines is 1. The second-order valence-corrected chi connectivity index (χ2v) is 6.15. The van der Waals surface area contributed by atoms with Crippen LogP contribution in [0.25, 0.3) is 0 Å². The molecular formula is C20H25N8+. The van der Waals surface area contributed by atoms with Crippen LogP contribution in [-0.2, 0) is 0 Å². The highest BCUT2D eigenvalue weighted by Crippen LogP contribution is 2.12. The second kappa shape index (κ2) is 8.83. The van der Waals surface area contributed by atoms with Gasteiger partial charge in [0.15, 0.2) is 5.82 Å². The summed E-state index contributed by atoms with van der Waals surface area (Å²) in [4.78, 5) is 8.72. The molecule has 0 unspecified atom stereocenters. The molecule has 2 aromatic carbocycles. The molecule has 6 N–H and O–H groups in total. The zero-order chi connectivity index (χ0) is 19.9. The molecule has 0 spiro atoms. The van der Waals surface area contributed by atoms with E-state index in [0.717, 1.165) is 17.9 Å². The van der Waals surface area contributed by atoms with Gasteiger partial charge in [0.25, 0.3) is 0 Å². The van der Waals surface area contributed by atoms with Crippen molar-refractivity contribution in [2.75, 3.05) is 18.9 Å². The monoisotopic (exact) mass is 377 g/mol. The minimum absolute atomic E-state index is 0.344. The average molecular weight is 377 g/mol. The Balaban J connectivity index is 1.92. The smallest absolute Gasteiger partial charge is 0.317 e. The molecule has 0 bridgehead atoms. The summed E-state index contributed by atoms with van der Waals surface area (Å²) < 4.78 is 1.76. The van der Waals surface area contributed by atoms with Gasteiger partial charge in [-0.05, 0) is 31.2 Å². The standard InChI is InChI=1S/C20H24N8/c1-3-27(2)26-18(14-17(21)23-15-10-6-4-7-11-15)28-19(22)25-20(28)24-16-12-8-5-9-13-16/h4-14H,3H2,1-2H3,(H5,21,22,23,24,25,26)/p+1. The number of hydrazine groups is 1. The molecule has 1 aliphatic rings. The highest BCUT2D eigenvalue weighted by Gasteiger charge is 2.29. The van der Waals surface area contributed by atoms with E-state index in [1.165, 1.54) is 0 Å². The highest BCUT2D eigenvalue weighted by molar-refractivity contribution is 6.06.